The van der Waals surface area contributed by atoms with Crippen molar-refractivity contribution in [2.75, 3.05) is 12.4 Å². The monoisotopic (exact) mass is 431 g/mol. The Kier molecular flexibility index (Phi) is 5.77. The Morgan fingerprint density at radius 2 is 1.94 bits per heavy atom. The van der Waals surface area contributed by atoms with Crippen molar-refractivity contribution in [3.8, 4) is 11.4 Å². The van der Waals surface area contributed by atoms with E-state index in [1.807, 2.05) is 45.0 Å². The summed E-state index contributed by atoms with van der Waals surface area (Å²) in [6.07, 6.45) is 1.67. The molecule has 8 nitrogen and oxygen atoms in total. The number of hydrogen-bond donors (Lipinski definition) is 1. The van der Waals surface area contributed by atoms with Crippen molar-refractivity contribution in [3.05, 3.63) is 76.3 Å². The van der Waals surface area contributed by atoms with E-state index in [1.165, 1.54) is 4.68 Å². The van der Waals surface area contributed by atoms with E-state index in [0.29, 0.717) is 28.0 Å². The maximum atomic E-state index is 13.4. The molecule has 164 valence electrons. The standard InChI is InChI=1S/C24H25N5O3/c1-15(2)22-19-13-25-29(20-11-6-5-8-16(20)3)23(19)24(31)28(27-22)14-21(30)26-17-9-7-10-18(12-17)32-4/h5-13,15H,14H2,1-4H3,(H,26,30). The second-order valence-corrected chi connectivity index (χ2v) is 7.89. The highest BCUT2D eigenvalue weighted by Crippen LogP contribution is 2.24. The lowest BCUT2D eigenvalue weighted by atomic mass is 10.1. The van der Waals surface area contributed by atoms with E-state index in [0.717, 1.165) is 11.3 Å². The quantitative estimate of drug-likeness (QED) is 0.503. The molecular formula is C24H25N5O3. The van der Waals surface area contributed by atoms with E-state index in [2.05, 4.69) is 15.5 Å². The summed E-state index contributed by atoms with van der Waals surface area (Å²) in [5.41, 5.74) is 3.14. The zero-order valence-corrected chi connectivity index (χ0v) is 18.5. The van der Waals surface area contributed by atoms with Gasteiger partial charge in [0, 0.05) is 17.1 Å². The number of nitrogens with zero attached hydrogens (tertiary/aromatic N) is 4. The maximum Gasteiger partial charge on any atom is 0.293 e. The van der Waals surface area contributed by atoms with Crippen molar-refractivity contribution in [2.24, 2.45) is 0 Å². The fraction of sp³-hybridized carbons (Fsp3) is 0.250. The number of aromatic nitrogens is 4. The molecule has 0 radical (unpaired) electrons. The number of amides is 1. The molecule has 2 aromatic carbocycles. The minimum Gasteiger partial charge on any atom is -0.497 e. The minimum atomic E-state index is -0.369. The first-order valence-corrected chi connectivity index (χ1v) is 10.4. The van der Waals surface area contributed by atoms with Crippen LogP contribution in [0.1, 0.15) is 31.0 Å². The highest BCUT2D eigenvalue weighted by Gasteiger charge is 2.20. The lowest BCUT2D eigenvalue weighted by Crippen LogP contribution is -2.31. The Hall–Kier alpha value is -3.94. The fourth-order valence-electron chi connectivity index (χ4n) is 3.65. The van der Waals surface area contributed by atoms with Gasteiger partial charge >= 0.3 is 0 Å². The van der Waals surface area contributed by atoms with Crippen molar-refractivity contribution < 1.29 is 9.53 Å². The molecule has 0 unspecified atom stereocenters. The maximum absolute atomic E-state index is 13.4. The topological polar surface area (TPSA) is 91.0 Å². The molecule has 4 rings (SSSR count). The van der Waals surface area contributed by atoms with E-state index in [-0.39, 0.29) is 23.9 Å². The van der Waals surface area contributed by atoms with Gasteiger partial charge in [0.1, 0.15) is 17.8 Å². The molecule has 0 spiro atoms. The van der Waals surface area contributed by atoms with Crippen LogP contribution in [-0.4, -0.2) is 32.6 Å². The number of nitrogens with one attached hydrogen (secondary N) is 1. The number of fused-ring (bicyclic) bond motifs is 1. The van der Waals surface area contributed by atoms with Gasteiger partial charge in [-0.3, -0.25) is 9.59 Å². The molecule has 0 aliphatic carbocycles. The van der Waals surface area contributed by atoms with Crippen LogP contribution in [0.2, 0.25) is 0 Å². The Morgan fingerprint density at radius 1 is 1.16 bits per heavy atom. The summed E-state index contributed by atoms with van der Waals surface area (Å²) in [5, 5.41) is 12.5. The van der Waals surface area contributed by atoms with Crippen LogP contribution in [0.5, 0.6) is 5.75 Å². The largest absolute Gasteiger partial charge is 0.497 e. The number of rotatable bonds is 6. The summed E-state index contributed by atoms with van der Waals surface area (Å²) in [6, 6.07) is 14.8. The summed E-state index contributed by atoms with van der Waals surface area (Å²) >= 11 is 0. The van der Waals surface area contributed by atoms with Crippen molar-refractivity contribution >= 4 is 22.5 Å². The summed E-state index contributed by atoms with van der Waals surface area (Å²) in [5.74, 6) is 0.313. The van der Waals surface area contributed by atoms with Crippen molar-refractivity contribution in [3.63, 3.8) is 0 Å². The molecule has 2 aromatic heterocycles. The Bertz CT molecular complexity index is 1350. The van der Waals surface area contributed by atoms with Gasteiger partial charge in [-0.15, -0.1) is 0 Å². The van der Waals surface area contributed by atoms with Crippen LogP contribution in [0.3, 0.4) is 0 Å². The zero-order valence-electron chi connectivity index (χ0n) is 18.5. The zero-order chi connectivity index (χ0) is 22.8. The summed E-state index contributed by atoms with van der Waals surface area (Å²) < 4.78 is 8.04. The number of carbonyl (C=O) groups is 1. The first-order chi connectivity index (χ1) is 15.4. The van der Waals surface area contributed by atoms with Crippen molar-refractivity contribution in [2.45, 2.75) is 33.2 Å². The smallest absolute Gasteiger partial charge is 0.293 e. The number of carbonyl (C=O) groups excluding carboxylic acids is 1. The Labute approximate surface area is 185 Å². The lowest BCUT2D eigenvalue weighted by Gasteiger charge is -2.13. The van der Waals surface area contributed by atoms with Crippen molar-refractivity contribution in [1.29, 1.82) is 0 Å². The molecule has 0 bridgehead atoms. The van der Waals surface area contributed by atoms with E-state index in [4.69, 9.17) is 4.74 Å². The van der Waals surface area contributed by atoms with Gasteiger partial charge < -0.3 is 10.1 Å². The van der Waals surface area contributed by atoms with Crippen LogP contribution in [0.4, 0.5) is 5.69 Å². The van der Waals surface area contributed by atoms with Crippen molar-refractivity contribution in [1.82, 2.24) is 19.6 Å². The number of para-hydroxylation sites is 1. The van der Waals surface area contributed by atoms with Gasteiger partial charge in [0.25, 0.3) is 5.56 Å². The van der Waals surface area contributed by atoms with Gasteiger partial charge in [0.2, 0.25) is 5.91 Å². The molecule has 0 saturated carbocycles. The number of aryl methyl sites for hydroxylation is 1. The predicted octanol–water partition coefficient (Wildman–Crippen LogP) is 3.66. The van der Waals surface area contributed by atoms with Gasteiger partial charge in [0.15, 0.2) is 0 Å². The van der Waals surface area contributed by atoms with Crippen LogP contribution >= 0.6 is 0 Å². The average Bonchev–Trinajstić information content (AvgIpc) is 3.21. The molecule has 4 aromatic rings. The molecule has 1 amide bonds. The Balaban J connectivity index is 1.77. The first-order valence-electron chi connectivity index (χ1n) is 10.4. The number of benzene rings is 2. The van der Waals surface area contributed by atoms with Gasteiger partial charge in [-0.25, -0.2) is 9.36 Å². The third-order valence-electron chi connectivity index (χ3n) is 5.25. The van der Waals surface area contributed by atoms with Crippen LogP contribution < -0.4 is 15.6 Å². The van der Waals surface area contributed by atoms with E-state index in [1.54, 1.807) is 42.3 Å². The Morgan fingerprint density at radius 3 is 2.66 bits per heavy atom. The van der Waals surface area contributed by atoms with Gasteiger partial charge in [-0.2, -0.15) is 10.2 Å². The number of methoxy groups -OCH3 is 1. The van der Waals surface area contributed by atoms with Gasteiger partial charge in [-0.1, -0.05) is 38.1 Å². The number of anilines is 1. The molecule has 8 heteroatoms. The molecule has 0 aliphatic rings. The molecular weight excluding hydrogens is 406 g/mol. The predicted molar refractivity (Wildman–Crippen MR) is 124 cm³/mol. The van der Waals surface area contributed by atoms with Crippen LogP contribution in [-0.2, 0) is 11.3 Å². The third kappa shape index (κ3) is 3.99. The third-order valence-corrected chi connectivity index (χ3v) is 5.25. The SMILES string of the molecule is COc1cccc(NC(=O)Cn2nc(C(C)C)c3cnn(-c4ccccc4C)c3c2=O)c1. The van der Waals surface area contributed by atoms with Crippen LogP contribution in [0.25, 0.3) is 16.6 Å². The lowest BCUT2D eigenvalue weighted by molar-refractivity contribution is -0.117. The second-order valence-electron chi connectivity index (χ2n) is 7.89. The summed E-state index contributed by atoms with van der Waals surface area (Å²) in [4.78, 5) is 26.1. The first kappa shape index (κ1) is 21.3. The summed E-state index contributed by atoms with van der Waals surface area (Å²) in [7, 11) is 1.56. The molecule has 1 N–H and O–H groups in total. The second kappa shape index (κ2) is 8.66. The van der Waals surface area contributed by atoms with E-state index < -0.39 is 0 Å². The van der Waals surface area contributed by atoms with E-state index >= 15 is 0 Å². The minimum absolute atomic E-state index is 0.0420. The summed E-state index contributed by atoms with van der Waals surface area (Å²) in [6.45, 7) is 5.74. The van der Waals surface area contributed by atoms with Crippen LogP contribution in [0.15, 0.2) is 59.5 Å². The molecule has 0 aliphatic heterocycles. The van der Waals surface area contributed by atoms with Crippen LogP contribution in [0, 0.1) is 6.92 Å². The normalized spacial score (nSPS) is 11.2. The highest BCUT2D eigenvalue weighted by atomic mass is 16.5. The van der Waals surface area contributed by atoms with Gasteiger partial charge in [-0.05, 0) is 36.6 Å². The number of hydrogen-bond acceptors (Lipinski definition) is 5. The highest BCUT2D eigenvalue weighted by molar-refractivity contribution is 5.91. The molecule has 32 heavy (non-hydrogen) atoms. The van der Waals surface area contributed by atoms with E-state index in [9.17, 15) is 9.59 Å². The molecule has 0 fully saturated rings. The fourth-order valence-corrected chi connectivity index (χ4v) is 3.65. The molecule has 0 saturated heterocycles. The number of ether oxygens (including phenoxy) is 1. The van der Waals surface area contributed by atoms with Gasteiger partial charge in [0.05, 0.1) is 24.7 Å². The molecule has 2 heterocycles. The average molecular weight is 431 g/mol. The molecule has 0 atom stereocenters.